The Hall–Kier alpha value is -0.300. The van der Waals surface area contributed by atoms with Crippen molar-refractivity contribution in [2.45, 2.75) is 25.5 Å². The van der Waals surface area contributed by atoms with Gasteiger partial charge in [-0.1, -0.05) is 6.92 Å². The Morgan fingerprint density at radius 2 is 2.13 bits per heavy atom. The molecule has 0 spiro atoms. The fourth-order valence-corrected chi connectivity index (χ4v) is 1.92. The van der Waals surface area contributed by atoms with Gasteiger partial charge in [-0.2, -0.15) is 11.8 Å². The van der Waals surface area contributed by atoms with Gasteiger partial charge in [0.25, 0.3) is 0 Å². The van der Waals surface area contributed by atoms with E-state index in [2.05, 4.69) is 5.32 Å². The first-order valence-corrected chi connectivity index (χ1v) is 6.10. The van der Waals surface area contributed by atoms with E-state index < -0.39 is 18.1 Å². The van der Waals surface area contributed by atoms with Gasteiger partial charge in [-0.05, 0) is 13.0 Å². The fraction of sp³-hybridized carbons (Fsp3) is 0.889. The third kappa shape index (κ3) is 7.61. The van der Waals surface area contributed by atoms with Gasteiger partial charge in [0.15, 0.2) is 0 Å². The molecular weight excluding hydrogens is 218 g/mol. The summed E-state index contributed by atoms with van der Waals surface area (Å²) in [5.74, 6) is -0.130. The second kappa shape index (κ2) is 8.96. The minimum absolute atomic E-state index is 0.285. The van der Waals surface area contributed by atoms with Gasteiger partial charge in [0, 0.05) is 11.5 Å². The van der Waals surface area contributed by atoms with Crippen molar-refractivity contribution in [2.75, 3.05) is 24.7 Å². The molecule has 0 bridgehead atoms. The largest absolute Gasteiger partial charge is 0.480 e. The highest BCUT2D eigenvalue weighted by Crippen LogP contribution is 2.05. The number of carbonyl (C=O) groups is 1. The molecule has 0 aromatic heterocycles. The van der Waals surface area contributed by atoms with Crippen LogP contribution < -0.4 is 5.32 Å². The van der Waals surface area contributed by atoms with Gasteiger partial charge in [0.2, 0.25) is 0 Å². The smallest absolute Gasteiger partial charge is 0.321 e. The van der Waals surface area contributed by atoms with Gasteiger partial charge in [0.1, 0.15) is 6.04 Å². The van der Waals surface area contributed by atoms with Crippen molar-refractivity contribution in [3.63, 3.8) is 0 Å². The second-order valence-electron chi connectivity index (χ2n) is 3.22. The Morgan fingerprint density at radius 1 is 1.47 bits per heavy atom. The van der Waals surface area contributed by atoms with Crippen molar-refractivity contribution in [2.24, 2.45) is 0 Å². The predicted molar refractivity (Wildman–Crippen MR) is 60.1 cm³/mol. The number of aliphatic hydroxyl groups is 2. The topological polar surface area (TPSA) is 89.8 Å². The van der Waals surface area contributed by atoms with E-state index in [9.17, 15) is 4.79 Å². The number of thioether (sulfide) groups is 1. The molecule has 0 aliphatic heterocycles. The summed E-state index contributed by atoms with van der Waals surface area (Å²) in [6, 6.07) is -0.583. The Labute approximate surface area is 93.9 Å². The predicted octanol–water partition coefficient (Wildman–Crippen LogP) is -0.474. The molecule has 0 fully saturated rings. The van der Waals surface area contributed by atoms with Crippen molar-refractivity contribution < 1.29 is 20.1 Å². The highest BCUT2D eigenvalue weighted by Gasteiger charge is 2.16. The maximum absolute atomic E-state index is 10.8. The Morgan fingerprint density at radius 3 is 2.60 bits per heavy atom. The summed E-state index contributed by atoms with van der Waals surface area (Å²) >= 11 is 1.32. The number of hydrogen-bond acceptors (Lipinski definition) is 5. The van der Waals surface area contributed by atoms with Gasteiger partial charge < -0.3 is 20.6 Å². The van der Waals surface area contributed by atoms with E-state index in [4.69, 9.17) is 15.3 Å². The molecule has 0 aromatic rings. The summed E-state index contributed by atoms with van der Waals surface area (Å²) < 4.78 is 0. The highest BCUT2D eigenvalue weighted by molar-refractivity contribution is 7.99. The lowest BCUT2D eigenvalue weighted by Crippen LogP contribution is -2.39. The molecule has 0 aliphatic carbocycles. The average molecular weight is 237 g/mol. The molecule has 15 heavy (non-hydrogen) atoms. The lowest BCUT2D eigenvalue weighted by molar-refractivity contribution is -0.138. The van der Waals surface area contributed by atoms with E-state index in [1.807, 2.05) is 6.92 Å². The van der Waals surface area contributed by atoms with Crippen molar-refractivity contribution in [1.29, 1.82) is 0 Å². The summed E-state index contributed by atoms with van der Waals surface area (Å²) in [5.41, 5.74) is 0. The number of carboxylic acids is 1. The van der Waals surface area contributed by atoms with Gasteiger partial charge in [-0.3, -0.25) is 4.79 Å². The normalized spacial score (nSPS) is 14.9. The molecule has 0 aliphatic rings. The van der Waals surface area contributed by atoms with E-state index in [0.29, 0.717) is 18.1 Å². The monoisotopic (exact) mass is 237 g/mol. The molecule has 4 N–H and O–H groups in total. The highest BCUT2D eigenvalue weighted by atomic mass is 32.2. The summed E-state index contributed by atoms with van der Waals surface area (Å²) in [6.07, 6.45) is 0.115. The number of aliphatic hydroxyl groups excluding tert-OH is 2. The Bertz CT molecular complexity index is 179. The van der Waals surface area contributed by atoms with E-state index in [-0.39, 0.29) is 6.61 Å². The molecule has 90 valence electrons. The molecule has 0 radical (unpaired) electrons. The number of aliphatic carboxylic acids is 1. The van der Waals surface area contributed by atoms with E-state index >= 15 is 0 Å². The van der Waals surface area contributed by atoms with E-state index in [1.165, 1.54) is 11.8 Å². The molecule has 2 unspecified atom stereocenters. The van der Waals surface area contributed by atoms with Crippen LogP contribution >= 0.6 is 11.8 Å². The first-order valence-electron chi connectivity index (χ1n) is 4.94. The van der Waals surface area contributed by atoms with Crippen LogP contribution in [0.3, 0.4) is 0 Å². The van der Waals surface area contributed by atoms with Crippen LogP contribution in [0.5, 0.6) is 0 Å². The molecule has 0 heterocycles. The SMILES string of the molecule is CCCNC(CSCC(O)CO)C(=O)O. The van der Waals surface area contributed by atoms with E-state index in [1.54, 1.807) is 0 Å². The number of nitrogens with one attached hydrogen (secondary N) is 1. The Balaban J connectivity index is 3.71. The second-order valence-corrected chi connectivity index (χ2v) is 4.29. The molecule has 0 saturated heterocycles. The van der Waals surface area contributed by atoms with Crippen molar-refractivity contribution in [3.05, 3.63) is 0 Å². The fourth-order valence-electron chi connectivity index (χ4n) is 0.911. The molecule has 0 aromatic carbocycles. The van der Waals surface area contributed by atoms with Crippen molar-refractivity contribution >= 4 is 17.7 Å². The maximum atomic E-state index is 10.8. The third-order valence-electron chi connectivity index (χ3n) is 1.74. The first-order chi connectivity index (χ1) is 7.11. The van der Waals surface area contributed by atoms with Gasteiger partial charge in [-0.15, -0.1) is 0 Å². The quantitative estimate of drug-likeness (QED) is 0.433. The zero-order chi connectivity index (χ0) is 11.7. The summed E-state index contributed by atoms with van der Waals surface area (Å²) in [7, 11) is 0. The molecule has 0 saturated carbocycles. The van der Waals surface area contributed by atoms with Crippen LogP contribution in [0.15, 0.2) is 0 Å². The maximum Gasteiger partial charge on any atom is 0.321 e. The van der Waals surface area contributed by atoms with Crippen LogP contribution in [-0.2, 0) is 4.79 Å². The third-order valence-corrected chi connectivity index (χ3v) is 2.93. The first kappa shape index (κ1) is 14.7. The molecule has 2 atom stereocenters. The molecule has 0 amide bonds. The van der Waals surface area contributed by atoms with Gasteiger partial charge in [0.05, 0.1) is 12.7 Å². The zero-order valence-electron chi connectivity index (χ0n) is 8.85. The van der Waals surface area contributed by atoms with Crippen molar-refractivity contribution in [1.82, 2.24) is 5.32 Å². The van der Waals surface area contributed by atoms with E-state index in [0.717, 1.165) is 6.42 Å². The zero-order valence-corrected chi connectivity index (χ0v) is 9.66. The Kier molecular flexibility index (Phi) is 8.79. The van der Waals surface area contributed by atoms with Crippen LogP contribution in [0, 0.1) is 0 Å². The minimum Gasteiger partial charge on any atom is -0.480 e. The van der Waals surface area contributed by atoms with Crippen LogP contribution in [0.2, 0.25) is 0 Å². The standard InChI is InChI=1S/C9H19NO4S/c1-2-3-10-8(9(13)14)6-15-5-7(12)4-11/h7-8,10-12H,2-6H2,1H3,(H,13,14). The summed E-state index contributed by atoms with van der Waals surface area (Å²) in [5, 5.41) is 29.3. The van der Waals surface area contributed by atoms with Crippen LogP contribution in [0.1, 0.15) is 13.3 Å². The van der Waals surface area contributed by atoms with Crippen LogP contribution in [-0.4, -0.2) is 58.1 Å². The number of rotatable bonds is 9. The van der Waals surface area contributed by atoms with Gasteiger partial charge in [-0.25, -0.2) is 0 Å². The average Bonchev–Trinajstić information content (AvgIpc) is 2.22. The van der Waals surface area contributed by atoms with Gasteiger partial charge >= 0.3 is 5.97 Å². The summed E-state index contributed by atoms with van der Waals surface area (Å²) in [6.45, 7) is 2.35. The van der Waals surface area contributed by atoms with Crippen LogP contribution in [0.25, 0.3) is 0 Å². The molecular formula is C9H19NO4S. The lowest BCUT2D eigenvalue weighted by Gasteiger charge is -2.14. The molecule has 5 nitrogen and oxygen atoms in total. The minimum atomic E-state index is -0.880. The lowest BCUT2D eigenvalue weighted by atomic mass is 10.3. The number of carboxylic acid groups (broad SMARTS) is 1. The molecule has 6 heteroatoms. The van der Waals surface area contributed by atoms with Crippen molar-refractivity contribution in [3.8, 4) is 0 Å². The number of hydrogen-bond donors (Lipinski definition) is 4. The summed E-state index contributed by atoms with van der Waals surface area (Å²) in [4.78, 5) is 10.8. The molecule has 0 rings (SSSR count). The van der Waals surface area contributed by atoms with Crippen LogP contribution in [0.4, 0.5) is 0 Å².